The predicted octanol–water partition coefficient (Wildman–Crippen LogP) is 3.54. The normalized spacial score (nSPS) is 19.8. The maximum absolute atomic E-state index is 5.58. The molecule has 2 aliphatic heterocycles. The van der Waals surface area contributed by atoms with Crippen LogP contribution in [-0.4, -0.2) is 54.7 Å². The molecular weight excluding hydrogens is 445 g/mol. The smallest absolute Gasteiger partial charge is 0.194 e. The van der Waals surface area contributed by atoms with Crippen LogP contribution >= 0.6 is 35.7 Å². The molecule has 4 nitrogen and oxygen atoms in total. The zero-order valence-corrected chi connectivity index (χ0v) is 18.4. The molecule has 0 saturated carbocycles. The van der Waals surface area contributed by atoms with Crippen molar-refractivity contribution in [2.75, 3.05) is 39.1 Å². The van der Waals surface area contributed by atoms with Gasteiger partial charge in [0.1, 0.15) is 0 Å². The number of fused-ring (bicyclic) bond motifs is 1. The van der Waals surface area contributed by atoms with E-state index in [4.69, 9.17) is 4.74 Å². The first-order valence-electron chi connectivity index (χ1n) is 9.00. The summed E-state index contributed by atoms with van der Waals surface area (Å²) in [5.74, 6) is 2.18. The number of guanidine groups is 1. The van der Waals surface area contributed by atoms with Crippen molar-refractivity contribution >= 4 is 41.7 Å². The van der Waals surface area contributed by atoms with Crippen molar-refractivity contribution in [2.24, 2.45) is 4.99 Å². The molecule has 1 fully saturated rings. The van der Waals surface area contributed by atoms with Crippen molar-refractivity contribution in [2.45, 2.75) is 37.5 Å². The molecule has 1 saturated heterocycles. The Balaban J connectivity index is 0.00000225. The number of thioether (sulfide) groups is 1. The molecule has 1 aromatic rings. The summed E-state index contributed by atoms with van der Waals surface area (Å²) in [6, 6.07) is 8.76. The predicted molar refractivity (Wildman–Crippen MR) is 118 cm³/mol. The maximum Gasteiger partial charge on any atom is 0.194 e. The van der Waals surface area contributed by atoms with E-state index in [1.807, 2.05) is 7.05 Å². The van der Waals surface area contributed by atoms with Gasteiger partial charge in [-0.15, -0.1) is 24.0 Å². The molecule has 0 unspecified atom stereocenters. The fourth-order valence-electron chi connectivity index (χ4n) is 3.67. The van der Waals surface area contributed by atoms with Crippen molar-refractivity contribution in [3.05, 3.63) is 35.4 Å². The third-order valence-electron chi connectivity index (χ3n) is 5.07. The van der Waals surface area contributed by atoms with Gasteiger partial charge in [0, 0.05) is 44.6 Å². The summed E-state index contributed by atoms with van der Waals surface area (Å²) >= 11 is 2.07. The van der Waals surface area contributed by atoms with Crippen LogP contribution in [-0.2, 0) is 17.7 Å². The standard InChI is InChI=1S/C19H29N3OS.HI/c1-3-24-19(9-12-23-13-10-19)15-21-18(20-2)22-11-8-16-6-4-5-7-17(16)14-22;/h4-7H,3,8-15H2,1-2H3,(H,20,21);1H. The number of benzene rings is 1. The Labute approximate surface area is 173 Å². The summed E-state index contributed by atoms with van der Waals surface area (Å²) in [5.41, 5.74) is 2.90. The van der Waals surface area contributed by atoms with Crippen LogP contribution in [0.2, 0.25) is 0 Å². The minimum Gasteiger partial charge on any atom is -0.381 e. The van der Waals surface area contributed by atoms with Gasteiger partial charge in [-0.3, -0.25) is 4.99 Å². The van der Waals surface area contributed by atoms with Crippen LogP contribution in [0.25, 0.3) is 0 Å². The van der Waals surface area contributed by atoms with Crippen molar-refractivity contribution in [3.8, 4) is 0 Å². The first-order chi connectivity index (χ1) is 11.8. The highest BCUT2D eigenvalue weighted by Gasteiger charge is 2.33. The van der Waals surface area contributed by atoms with Crippen LogP contribution in [0.3, 0.4) is 0 Å². The Morgan fingerprint density at radius 2 is 2.00 bits per heavy atom. The molecule has 3 rings (SSSR count). The number of nitrogens with one attached hydrogen (secondary N) is 1. The fourth-order valence-corrected chi connectivity index (χ4v) is 4.91. The van der Waals surface area contributed by atoms with Crippen molar-refractivity contribution in [1.82, 2.24) is 10.2 Å². The Morgan fingerprint density at radius 1 is 1.28 bits per heavy atom. The molecule has 1 aromatic carbocycles. The molecule has 6 heteroatoms. The molecule has 0 bridgehead atoms. The second-order valence-electron chi connectivity index (χ2n) is 6.57. The Kier molecular flexibility index (Phi) is 8.35. The lowest BCUT2D eigenvalue weighted by Crippen LogP contribution is -2.50. The van der Waals surface area contributed by atoms with E-state index in [1.165, 1.54) is 11.1 Å². The topological polar surface area (TPSA) is 36.9 Å². The minimum atomic E-state index is 0. The van der Waals surface area contributed by atoms with Gasteiger partial charge in [-0.1, -0.05) is 31.2 Å². The third-order valence-corrected chi connectivity index (χ3v) is 6.52. The van der Waals surface area contributed by atoms with Gasteiger partial charge in [0.2, 0.25) is 0 Å². The zero-order valence-electron chi connectivity index (χ0n) is 15.3. The maximum atomic E-state index is 5.58. The number of nitrogens with zero attached hydrogens (tertiary/aromatic N) is 2. The number of aliphatic imine (C=N–C) groups is 1. The monoisotopic (exact) mass is 475 g/mol. The van der Waals surface area contributed by atoms with E-state index in [9.17, 15) is 0 Å². The Morgan fingerprint density at radius 3 is 2.68 bits per heavy atom. The number of hydrogen-bond acceptors (Lipinski definition) is 3. The molecule has 0 spiro atoms. The van der Waals surface area contributed by atoms with E-state index in [0.717, 1.165) is 63.8 Å². The lowest BCUT2D eigenvalue weighted by Gasteiger charge is -2.38. The summed E-state index contributed by atoms with van der Waals surface area (Å²) < 4.78 is 5.87. The van der Waals surface area contributed by atoms with Crippen LogP contribution in [0.4, 0.5) is 0 Å². The van der Waals surface area contributed by atoms with Gasteiger partial charge < -0.3 is 15.0 Å². The number of halogens is 1. The number of hydrogen-bond donors (Lipinski definition) is 1. The van der Waals surface area contributed by atoms with Crippen molar-refractivity contribution in [1.29, 1.82) is 0 Å². The molecule has 0 aromatic heterocycles. The zero-order chi connectivity index (χ0) is 16.8. The van der Waals surface area contributed by atoms with Crippen molar-refractivity contribution < 1.29 is 4.74 Å². The molecule has 0 amide bonds. The van der Waals surface area contributed by atoms with Gasteiger partial charge in [0.25, 0.3) is 0 Å². The fraction of sp³-hybridized carbons (Fsp3) is 0.632. The van der Waals surface area contributed by atoms with Gasteiger partial charge in [-0.25, -0.2) is 0 Å². The summed E-state index contributed by atoms with van der Waals surface area (Å²) in [6.07, 6.45) is 3.34. The largest absolute Gasteiger partial charge is 0.381 e. The van der Waals surface area contributed by atoms with E-state index < -0.39 is 0 Å². The van der Waals surface area contributed by atoms with Crippen LogP contribution in [0.5, 0.6) is 0 Å². The summed E-state index contributed by atoms with van der Waals surface area (Å²) in [5, 5.41) is 3.66. The molecule has 0 aliphatic carbocycles. The van der Waals surface area contributed by atoms with E-state index in [2.05, 4.69) is 58.2 Å². The molecule has 1 N–H and O–H groups in total. The average Bonchev–Trinajstić information content (AvgIpc) is 2.63. The second kappa shape index (κ2) is 10.0. The van der Waals surface area contributed by atoms with Gasteiger partial charge >= 0.3 is 0 Å². The lowest BCUT2D eigenvalue weighted by atomic mass is 9.98. The SMILES string of the molecule is CCSC1(CNC(=NC)N2CCc3ccccc3C2)CCOCC1.I. The number of ether oxygens (including phenoxy) is 1. The van der Waals surface area contributed by atoms with Gasteiger partial charge in [-0.2, -0.15) is 11.8 Å². The Hall–Kier alpha value is -0.470. The first-order valence-corrected chi connectivity index (χ1v) is 9.99. The highest BCUT2D eigenvalue weighted by Crippen LogP contribution is 2.34. The second-order valence-corrected chi connectivity index (χ2v) is 8.30. The van der Waals surface area contributed by atoms with Gasteiger partial charge in [0.15, 0.2) is 5.96 Å². The molecule has 0 radical (unpaired) electrons. The van der Waals surface area contributed by atoms with E-state index in [1.54, 1.807) is 0 Å². The van der Waals surface area contributed by atoms with Crippen LogP contribution in [0, 0.1) is 0 Å². The molecule has 2 aliphatic rings. The highest BCUT2D eigenvalue weighted by atomic mass is 127. The van der Waals surface area contributed by atoms with Gasteiger partial charge in [-0.05, 0) is 36.1 Å². The average molecular weight is 475 g/mol. The first kappa shape index (κ1) is 20.8. The summed E-state index contributed by atoms with van der Waals surface area (Å²) in [7, 11) is 1.90. The van der Waals surface area contributed by atoms with Crippen LogP contribution < -0.4 is 5.32 Å². The van der Waals surface area contributed by atoms with E-state index >= 15 is 0 Å². The summed E-state index contributed by atoms with van der Waals surface area (Å²) in [6.45, 7) is 6.97. The third kappa shape index (κ3) is 5.26. The quantitative estimate of drug-likeness (QED) is 0.411. The molecule has 2 heterocycles. The van der Waals surface area contributed by atoms with Gasteiger partial charge in [0.05, 0.1) is 0 Å². The van der Waals surface area contributed by atoms with Crippen LogP contribution in [0.1, 0.15) is 30.9 Å². The minimum absolute atomic E-state index is 0. The van der Waals surface area contributed by atoms with Crippen molar-refractivity contribution in [3.63, 3.8) is 0 Å². The Bertz CT molecular complexity index is 570. The van der Waals surface area contributed by atoms with Crippen LogP contribution in [0.15, 0.2) is 29.3 Å². The van der Waals surface area contributed by atoms with E-state index in [-0.39, 0.29) is 28.7 Å². The van der Waals surface area contributed by atoms with E-state index in [0.29, 0.717) is 0 Å². The highest BCUT2D eigenvalue weighted by molar-refractivity contribution is 14.0. The molecule has 0 atom stereocenters. The molecule has 25 heavy (non-hydrogen) atoms. The molecular formula is C19H30IN3OS. The number of rotatable bonds is 4. The lowest BCUT2D eigenvalue weighted by molar-refractivity contribution is 0.0780. The molecule has 140 valence electrons. The summed E-state index contributed by atoms with van der Waals surface area (Å²) in [4.78, 5) is 6.93.